The number of para-hydroxylation sites is 1. The number of sulfonamides is 1. The molecule has 2 aromatic carbocycles. The molecule has 0 aliphatic heterocycles. The normalized spacial score (nSPS) is 11.8. The van der Waals surface area contributed by atoms with E-state index in [2.05, 4.69) is 4.99 Å². The fourth-order valence-electron chi connectivity index (χ4n) is 2.05. The summed E-state index contributed by atoms with van der Waals surface area (Å²) in [6.45, 7) is 3.62. The summed E-state index contributed by atoms with van der Waals surface area (Å²) in [5.41, 5.74) is 2.52. The number of phenolic OH excluding ortho intramolecular Hbond substituents is 1. The highest BCUT2D eigenvalue weighted by atomic mass is 32.2. The van der Waals surface area contributed by atoms with Gasteiger partial charge in [-0.25, -0.2) is 13.6 Å². The van der Waals surface area contributed by atoms with Crippen molar-refractivity contribution in [2.45, 2.75) is 18.7 Å². The molecule has 0 aliphatic rings. The molecule has 0 saturated carbocycles. The highest BCUT2D eigenvalue weighted by Crippen LogP contribution is 2.30. The van der Waals surface area contributed by atoms with Gasteiger partial charge in [0, 0.05) is 11.8 Å². The van der Waals surface area contributed by atoms with E-state index in [1.165, 1.54) is 25.5 Å². The molecule has 0 bridgehead atoms. The van der Waals surface area contributed by atoms with E-state index in [-0.39, 0.29) is 10.6 Å². The lowest BCUT2D eigenvalue weighted by atomic mass is 10.1. The smallest absolute Gasteiger partial charge is 0.238 e. The number of rotatable bonds is 4. The number of primary sulfonamides is 1. The van der Waals surface area contributed by atoms with Gasteiger partial charge >= 0.3 is 0 Å². The van der Waals surface area contributed by atoms with E-state index in [0.717, 1.165) is 11.1 Å². The molecule has 0 radical (unpaired) electrons. The summed E-state index contributed by atoms with van der Waals surface area (Å²) in [6, 6.07) is 7.94. The van der Waals surface area contributed by atoms with Gasteiger partial charge in [0.05, 0.1) is 17.7 Å². The van der Waals surface area contributed by atoms with Crippen LogP contribution in [0.4, 0.5) is 5.69 Å². The third-order valence-electron chi connectivity index (χ3n) is 3.53. The van der Waals surface area contributed by atoms with Crippen LogP contribution in [0.5, 0.6) is 11.5 Å². The van der Waals surface area contributed by atoms with Gasteiger partial charge in [0.15, 0.2) is 11.5 Å². The highest BCUT2D eigenvalue weighted by molar-refractivity contribution is 7.89. The maximum atomic E-state index is 11.5. The molecule has 0 atom stereocenters. The summed E-state index contributed by atoms with van der Waals surface area (Å²) in [7, 11) is -2.35. The Morgan fingerprint density at radius 2 is 1.96 bits per heavy atom. The number of nitrogens with two attached hydrogens (primary N) is 1. The lowest BCUT2D eigenvalue weighted by Crippen LogP contribution is -2.12. The first-order chi connectivity index (χ1) is 10.7. The van der Waals surface area contributed by atoms with E-state index in [1.807, 2.05) is 6.92 Å². The quantitative estimate of drug-likeness (QED) is 0.838. The zero-order valence-corrected chi connectivity index (χ0v) is 13.9. The minimum atomic E-state index is -3.81. The summed E-state index contributed by atoms with van der Waals surface area (Å²) in [4.78, 5) is 4.29. The SMILES string of the molecule is COc1cccc(C=Nc2cc(S(N)(=O)=O)cc(C)c2C)c1O. The van der Waals surface area contributed by atoms with Crippen LogP contribution < -0.4 is 9.88 Å². The van der Waals surface area contributed by atoms with Crippen molar-refractivity contribution < 1.29 is 18.3 Å². The average molecular weight is 334 g/mol. The zero-order chi connectivity index (χ0) is 17.2. The van der Waals surface area contributed by atoms with Crippen LogP contribution in [-0.4, -0.2) is 26.8 Å². The highest BCUT2D eigenvalue weighted by Gasteiger charge is 2.12. The van der Waals surface area contributed by atoms with Gasteiger partial charge in [-0.15, -0.1) is 0 Å². The van der Waals surface area contributed by atoms with Crippen LogP contribution in [0.25, 0.3) is 0 Å². The molecule has 0 heterocycles. The van der Waals surface area contributed by atoms with E-state index in [4.69, 9.17) is 9.88 Å². The maximum absolute atomic E-state index is 11.5. The fourth-order valence-corrected chi connectivity index (χ4v) is 2.67. The Kier molecular flexibility index (Phi) is 4.72. The lowest BCUT2D eigenvalue weighted by molar-refractivity contribution is 0.373. The Balaban J connectivity index is 2.50. The van der Waals surface area contributed by atoms with E-state index in [0.29, 0.717) is 17.0 Å². The van der Waals surface area contributed by atoms with E-state index >= 15 is 0 Å². The van der Waals surface area contributed by atoms with Crippen LogP contribution in [0.3, 0.4) is 0 Å². The Morgan fingerprint density at radius 1 is 1.26 bits per heavy atom. The number of aliphatic imine (C=N–C) groups is 1. The molecule has 122 valence electrons. The number of methoxy groups -OCH3 is 1. The van der Waals surface area contributed by atoms with Gasteiger partial charge in [0.2, 0.25) is 10.0 Å². The number of hydrogen-bond donors (Lipinski definition) is 2. The molecule has 0 aliphatic carbocycles. The van der Waals surface area contributed by atoms with Crippen LogP contribution in [0.2, 0.25) is 0 Å². The van der Waals surface area contributed by atoms with Crippen molar-refractivity contribution in [3.63, 3.8) is 0 Å². The van der Waals surface area contributed by atoms with Gasteiger partial charge in [-0.2, -0.15) is 0 Å². The summed E-state index contributed by atoms with van der Waals surface area (Å²) >= 11 is 0. The second-order valence-corrected chi connectivity index (χ2v) is 6.65. The van der Waals surface area contributed by atoms with Crippen molar-refractivity contribution >= 4 is 21.9 Å². The maximum Gasteiger partial charge on any atom is 0.238 e. The van der Waals surface area contributed by atoms with Gasteiger partial charge in [-0.1, -0.05) is 6.07 Å². The lowest BCUT2D eigenvalue weighted by Gasteiger charge is -2.08. The van der Waals surface area contributed by atoms with Gasteiger partial charge in [0.1, 0.15) is 0 Å². The Bertz CT molecular complexity index is 874. The molecule has 0 saturated heterocycles. The first-order valence-electron chi connectivity index (χ1n) is 6.78. The summed E-state index contributed by atoms with van der Waals surface area (Å²) < 4.78 is 28.1. The molecule has 0 spiro atoms. The molecule has 0 aromatic heterocycles. The second kappa shape index (κ2) is 6.39. The van der Waals surface area contributed by atoms with E-state index in [1.54, 1.807) is 25.1 Å². The number of hydrogen-bond acceptors (Lipinski definition) is 5. The molecule has 0 amide bonds. The van der Waals surface area contributed by atoms with Crippen molar-refractivity contribution in [1.82, 2.24) is 0 Å². The van der Waals surface area contributed by atoms with Crippen LogP contribution >= 0.6 is 0 Å². The number of aryl methyl sites for hydroxylation is 1. The predicted molar refractivity (Wildman–Crippen MR) is 89.2 cm³/mol. The average Bonchev–Trinajstić information content (AvgIpc) is 2.48. The second-order valence-electron chi connectivity index (χ2n) is 5.09. The molecular weight excluding hydrogens is 316 g/mol. The van der Waals surface area contributed by atoms with Crippen molar-refractivity contribution in [2.75, 3.05) is 7.11 Å². The molecule has 2 aromatic rings. The third-order valence-corrected chi connectivity index (χ3v) is 4.43. The topological polar surface area (TPSA) is 102 Å². The molecule has 23 heavy (non-hydrogen) atoms. The van der Waals surface area contributed by atoms with Crippen molar-refractivity contribution in [3.8, 4) is 11.5 Å². The molecule has 0 fully saturated rings. The van der Waals surface area contributed by atoms with Crippen molar-refractivity contribution in [3.05, 3.63) is 47.0 Å². The van der Waals surface area contributed by atoms with Crippen LogP contribution in [0, 0.1) is 13.8 Å². The molecule has 2 rings (SSSR count). The molecule has 7 heteroatoms. The molecule has 6 nitrogen and oxygen atoms in total. The van der Waals surface area contributed by atoms with Crippen molar-refractivity contribution in [1.29, 1.82) is 0 Å². The molecular formula is C16H18N2O4S. The number of nitrogens with zero attached hydrogens (tertiary/aromatic N) is 1. The zero-order valence-electron chi connectivity index (χ0n) is 13.1. The van der Waals surface area contributed by atoms with Crippen LogP contribution in [0.1, 0.15) is 16.7 Å². The molecule has 3 N–H and O–H groups in total. The van der Waals surface area contributed by atoms with Crippen molar-refractivity contribution in [2.24, 2.45) is 10.1 Å². The van der Waals surface area contributed by atoms with Gasteiger partial charge in [-0.3, -0.25) is 4.99 Å². The standard InChI is InChI=1S/C16H18N2O4S/c1-10-7-13(23(17,20)21)8-14(11(10)2)18-9-12-5-4-6-15(22-3)16(12)19/h4-9,19H,1-3H3,(H2,17,20,21). The number of phenols is 1. The fraction of sp³-hybridized carbons (Fsp3) is 0.188. The first-order valence-corrected chi connectivity index (χ1v) is 8.32. The minimum absolute atomic E-state index is 0.00242. The van der Waals surface area contributed by atoms with Crippen LogP contribution in [0.15, 0.2) is 40.2 Å². The van der Waals surface area contributed by atoms with Gasteiger partial charge in [-0.05, 0) is 49.2 Å². The van der Waals surface area contributed by atoms with Crippen LogP contribution in [-0.2, 0) is 10.0 Å². The summed E-state index contributed by atoms with van der Waals surface area (Å²) in [5.74, 6) is 0.302. The monoisotopic (exact) mass is 334 g/mol. The first kappa shape index (κ1) is 17.0. The van der Waals surface area contributed by atoms with E-state index in [9.17, 15) is 13.5 Å². The van der Waals surface area contributed by atoms with Gasteiger partial charge < -0.3 is 9.84 Å². The number of benzene rings is 2. The molecule has 0 unspecified atom stereocenters. The number of aromatic hydroxyl groups is 1. The summed E-state index contributed by atoms with van der Waals surface area (Å²) in [6.07, 6.45) is 1.45. The predicted octanol–water partition coefficient (Wildman–Crippen LogP) is 2.42. The largest absolute Gasteiger partial charge is 0.504 e. The minimum Gasteiger partial charge on any atom is -0.504 e. The summed E-state index contributed by atoms with van der Waals surface area (Å²) in [5, 5.41) is 15.2. The Hall–Kier alpha value is -2.38. The Labute approximate surface area is 135 Å². The number of ether oxygens (including phenoxy) is 1. The van der Waals surface area contributed by atoms with E-state index < -0.39 is 10.0 Å². The Morgan fingerprint density at radius 3 is 2.57 bits per heavy atom. The van der Waals surface area contributed by atoms with Gasteiger partial charge in [0.25, 0.3) is 0 Å². The third kappa shape index (κ3) is 3.69.